The predicted octanol–water partition coefficient (Wildman–Crippen LogP) is 2.53. The van der Waals surface area contributed by atoms with Crippen molar-refractivity contribution in [2.45, 2.75) is 37.9 Å². The molecule has 2 saturated heterocycles. The van der Waals surface area contributed by atoms with E-state index < -0.39 is 11.0 Å². The van der Waals surface area contributed by atoms with Crippen molar-refractivity contribution in [2.75, 3.05) is 18.0 Å². The molecule has 4 rings (SSSR count). The molecule has 162 valence electrons. The van der Waals surface area contributed by atoms with Gasteiger partial charge in [0.15, 0.2) is 0 Å². The van der Waals surface area contributed by atoms with Gasteiger partial charge in [0.1, 0.15) is 12.0 Å². The molecule has 31 heavy (non-hydrogen) atoms. The molecule has 10 heteroatoms. The number of imide groups is 1. The summed E-state index contributed by atoms with van der Waals surface area (Å²) in [5.41, 5.74) is 0.823. The van der Waals surface area contributed by atoms with Gasteiger partial charge in [0.25, 0.3) is 5.69 Å². The van der Waals surface area contributed by atoms with Crippen LogP contribution in [0.4, 0.5) is 11.5 Å². The topological polar surface area (TPSA) is 109 Å². The van der Waals surface area contributed by atoms with Crippen molar-refractivity contribution in [1.82, 2.24) is 15.2 Å². The molecule has 1 aromatic heterocycles. The van der Waals surface area contributed by atoms with Crippen LogP contribution in [0.3, 0.4) is 0 Å². The lowest BCUT2D eigenvalue weighted by molar-refractivity contribution is -0.385. The summed E-state index contributed by atoms with van der Waals surface area (Å²) in [5.74, 6) is 0.328. The van der Waals surface area contributed by atoms with E-state index in [2.05, 4.69) is 15.2 Å². The Balaban J connectivity index is 1.30. The molecule has 2 aliphatic rings. The molecule has 0 saturated carbocycles. The average molecular weight is 444 g/mol. The fraction of sp³-hybridized carbons (Fsp3) is 0.381. The zero-order chi connectivity index (χ0) is 22.0. The second-order valence-corrected chi connectivity index (χ2v) is 8.20. The Bertz CT molecular complexity index is 974. The molecule has 1 aromatic carbocycles. The number of nitrogens with zero attached hydrogens (tertiary/aromatic N) is 4. The fourth-order valence-electron chi connectivity index (χ4n) is 3.98. The number of halogens is 1. The number of hydrogen-bond acceptors (Lipinski definition) is 7. The summed E-state index contributed by atoms with van der Waals surface area (Å²) < 4.78 is 0. The minimum atomic E-state index is -0.506. The highest BCUT2D eigenvalue weighted by atomic mass is 35.5. The minimum Gasteiger partial charge on any atom is -0.356 e. The van der Waals surface area contributed by atoms with Crippen molar-refractivity contribution >= 4 is 34.9 Å². The highest BCUT2D eigenvalue weighted by Crippen LogP contribution is 2.23. The lowest BCUT2D eigenvalue weighted by Crippen LogP contribution is -2.48. The Kier molecular flexibility index (Phi) is 6.15. The van der Waals surface area contributed by atoms with Crippen LogP contribution in [0.1, 0.15) is 24.8 Å². The number of nitrogens with one attached hydrogen (secondary N) is 1. The van der Waals surface area contributed by atoms with Gasteiger partial charge < -0.3 is 10.2 Å². The third-order valence-corrected chi connectivity index (χ3v) is 5.95. The number of anilines is 1. The summed E-state index contributed by atoms with van der Waals surface area (Å²) in [6, 6.07) is 9.82. The lowest BCUT2D eigenvalue weighted by atomic mass is 10.0. The molecule has 0 spiro atoms. The van der Waals surface area contributed by atoms with Crippen molar-refractivity contribution in [3.05, 3.63) is 63.3 Å². The van der Waals surface area contributed by atoms with E-state index in [1.165, 1.54) is 17.2 Å². The van der Waals surface area contributed by atoms with Crippen LogP contribution in [0.2, 0.25) is 5.02 Å². The van der Waals surface area contributed by atoms with Crippen LogP contribution in [-0.4, -0.2) is 51.8 Å². The SMILES string of the molecule is O=C1C[C@@H](NC2CCN(c3ccc([N+](=O)[O-])cn3)CC2)C(=O)N1Cc1ccc(Cl)cc1. The highest BCUT2D eigenvalue weighted by Gasteiger charge is 2.39. The number of rotatable bonds is 6. The first-order valence-corrected chi connectivity index (χ1v) is 10.5. The van der Waals surface area contributed by atoms with E-state index in [1.807, 2.05) is 12.1 Å². The average Bonchev–Trinajstić information content (AvgIpc) is 3.03. The van der Waals surface area contributed by atoms with Crippen LogP contribution in [-0.2, 0) is 16.1 Å². The van der Waals surface area contributed by atoms with Gasteiger partial charge in [0.2, 0.25) is 11.8 Å². The van der Waals surface area contributed by atoms with Gasteiger partial charge in [-0.15, -0.1) is 0 Å². The largest absolute Gasteiger partial charge is 0.356 e. The van der Waals surface area contributed by atoms with Gasteiger partial charge in [-0.25, -0.2) is 4.98 Å². The summed E-state index contributed by atoms with van der Waals surface area (Å²) in [5, 5.41) is 14.7. The normalized spacial score (nSPS) is 19.8. The summed E-state index contributed by atoms with van der Waals surface area (Å²) >= 11 is 5.89. The van der Waals surface area contributed by atoms with Gasteiger partial charge in [0, 0.05) is 30.2 Å². The fourth-order valence-corrected chi connectivity index (χ4v) is 4.11. The summed E-state index contributed by atoms with van der Waals surface area (Å²) in [4.78, 5) is 43.0. The number of benzene rings is 1. The number of hydrogen-bond donors (Lipinski definition) is 1. The van der Waals surface area contributed by atoms with Crippen molar-refractivity contribution in [3.63, 3.8) is 0 Å². The number of carbonyl (C=O) groups is 2. The van der Waals surface area contributed by atoms with Crippen LogP contribution in [0.25, 0.3) is 0 Å². The van der Waals surface area contributed by atoms with Crippen LogP contribution in [0.5, 0.6) is 0 Å². The second-order valence-electron chi connectivity index (χ2n) is 7.76. The molecule has 1 N–H and O–H groups in total. The molecule has 0 bridgehead atoms. The maximum atomic E-state index is 12.8. The summed E-state index contributed by atoms with van der Waals surface area (Å²) in [7, 11) is 0. The zero-order valence-electron chi connectivity index (χ0n) is 16.7. The van der Waals surface area contributed by atoms with Crippen LogP contribution in [0.15, 0.2) is 42.6 Å². The lowest BCUT2D eigenvalue weighted by Gasteiger charge is -2.34. The van der Waals surface area contributed by atoms with Crippen molar-refractivity contribution in [1.29, 1.82) is 0 Å². The monoisotopic (exact) mass is 443 g/mol. The smallest absolute Gasteiger partial charge is 0.287 e. The number of likely N-dealkylation sites (tertiary alicyclic amines) is 1. The first kappa shape index (κ1) is 21.2. The van der Waals surface area contributed by atoms with Crippen LogP contribution < -0.4 is 10.2 Å². The maximum Gasteiger partial charge on any atom is 0.287 e. The number of nitro groups is 1. The molecule has 2 fully saturated rings. The molecule has 3 heterocycles. The van der Waals surface area contributed by atoms with E-state index >= 15 is 0 Å². The number of carbonyl (C=O) groups excluding carboxylic acids is 2. The quantitative estimate of drug-likeness (QED) is 0.415. The van der Waals surface area contributed by atoms with Crippen LogP contribution >= 0.6 is 11.6 Å². The Morgan fingerprint density at radius 1 is 1.13 bits per heavy atom. The summed E-state index contributed by atoms with van der Waals surface area (Å²) in [6.45, 7) is 1.68. The van der Waals surface area contributed by atoms with E-state index in [0.717, 1.165) is 18.4 Å². The second kappa shape index (κ2) is 8.99. The molecule has 2 aliphatic heterocycles. The Morgan fingerprint density at radius 3 is 2.45 bits per heavy atom. The maximum absolute atomic E-state index is 12.8. The molecule has 2 amide bonds. The first-order valence-electron chi connectivity index (χ1n) is 10.1. The molecule has 1 atom stereocenters. The van der Waals surface area contributed by atoms with Crippen molar-refractivity contribution in [3.8, 4) is 0 Å². The van der Waals surface area contributed by atoms with Crippen molar-refractivity contribution < 1.29 is 14.5 Å². The van der Waals surface area contributed by atoms with E-state index in [1.54, 1.807) is 18.2 Å². The molecule has 0 aliphatic carbocycles. The Hall–Kier alpha value is -3.04. The van der Waals surface area contributed by atoms with E-state index in [0.29, 0.717) is 23.9 Å². The number of piperidine rings is 1. The molecule has 2 aromatic rings. The number of pyridine rings is 1. The molecule has 0 radical (unpaired) electrons. The first-order chi connectivity index (χ1) is 14.9. The number of aromatic nitrogens is 1. The number of amides is 2. The Morgan fingerprint density at radius 2 is 1.84 bits per heavy atom. The van der Waals surface area contributed by atoms with Gasteiger partial charge in [-0.3, -0.25) is 24.6 Å². The van der Waals surface area contributed by atoms with E-state index in [-0.39, 0.29) is 36.5 Å². The Labute approximate surface area is 184 Å². The van der Waals surface area contributed by atoms with Gasteiger partial charge in [-0.05, 0) is 36.6 Å². The molecule has 0 unspecified atom stereocenters. The zero-order valence-corrected chi connectivity index (χ0v) is 17.5. The summed E-state index contributed by atoms with van der Waals surface area (Å²) in [6.07, 6.45) is 3.00. The molecular formula is C21H22ClN5O4. The highest BCUT2D eigenvalue weighted by molar-refractivity contribution is 6.30. The predicted molar refractivity (Wildman–Crippen MR) is 115 cm³/mol. The standard InChI is InChI=1S/C21H22ClN5O4/c22-15-3-1-14(2-4-15)13-26-20(28)11-18(21(26)29)24-16-7-9-25(10-8-16)19-6-5-17(12-23-19)27(30)31/h1-6,12,16,18,24H,7-11,13H2/t18-/m1/s1. The van der Waals surface area contributed by atoms with Crippen molar-refractivity contribution in [2.24, 2.45) is 0 Å². The molecule has 9 nitrogen and oxygen atoms in total. The third-order valence-electron chi connectivity index (χ3n) is 5.70. The minimum absolute atomic E-state index is 0.0344. The van der Waals surface area contributed by atoms with Gasteiger partial charge in [0.05, 0.1) is 23.9 Å². The van der Waals surface area contributed by atoms with Gasteiger partial charge in [-0.2, -0.15) is 0 Å². The van der Waals surface area contributed by atoms with Crippen LogP contribution in [0, 0.1) is 10.1 Å². The third kappa shape index (κ3) is 4.83. The van der Waals surface area contributed by atoms with Gasteiger partial charge in [-0.1, -0.05) is 23.7 Å². The van der Waals surface area contributed by atoms with E-state index in [9.17, 15) is 19.7 Å². The van der Waals surface area contributed by atoms with Gasteiger partial charge >= 0.3 is 0 Å². The van der Waals surface area contributed by atoms with E-state index in [4.69, 9.17) is 11.6 Å². The molecular weight excluding hydrogens is 422 g/mol.